The summed E-state index contributed by atoms with van der Waals surface area (Å²) in [6.45, 7) is 0.935. The van der Waals surface area contributed by atoms with Crippen LogP contribution in [-0.2, 0) is 0 Å². The molecule has 2 heterocycles. The third-order valence-corrected chi connectivity index (χ3v) is 4.38. The first-order valence-electron chi connectivity index (χ1n) is 6.73. The summed E-state index contributed by atoms with van der Waals surface area (Å²) in [5, 5.41) is 34.3. The highest BCUT2D eigenvalue weighted by molar-refractivity contribution is 9.10. The van der Waals surface area contributed by atoms with Crippen LogP contribution in [0, 0.1) is 21.4 Å². The Morgan fingerprint density at radius 3 is 2.96 bits per heavy atom. The van der Waals surface area contributed by atoms with Gasteiger partial charge >= 0.3 is 0 Å². The van der Waals surface area contributed by atoms with Crippen LogP contribution in [0.25, 0.3) is 0 Å². The van der Waals surface area contributed by atoms with Crippen molar-refractivity contribution in [2.75, 3.05) is 13.1 Å². The molecular weight excluding hydrogens is 366 g/mol. The van der Waals surface area contributed by atoms with Crippen LogP contribution in [0.15, 0.2) is 45.6 Å². The average Bonchev–Trinajstić information content (AvgIpc) is 2.98. The predicted molar refractivity (Wildman–Crippen MR) is 84.1 cm³/mol. The van der Waals surface area contributed by atoms with Crippen LogP contribution in [0.1, 0.15) is 11.5 Å². The summed E-state index contributed by atoms with van der Waals surface area (Å²) in [7, 11) is 0. The zero-order valence-corrected chi connectivity index (χ0v) is 13.4. The van der Waals surface area contributed by atoms with Gasteiger partial charge in [0.25, 0.3) is 5.70 Å². The van der Waals surface area contributed by atoms with E-state index < -0.39 is 10.8 Å². The fraction of sp³-hybridized carbons (Fsp3) is 0.214. The number of nitriles is 1. The van der Waals surface area contributed by atoms with Gasteiger partial charge in [-0.3, -0.25) is 10.1 Å². The molecule has 1 unspecified atom stereocenters. The van der Waals surface area contributed by atoms with Gasteiger partial charge in [-0.15, -0.1) is 0 Å². The number of fused-ring (bicyclic) bond motifs is 1. The van der Waals surface area contributed by atoms with E-state index in [0.29, 0.717) is 17.6 Å². The van der Waals surface area contributed by atoms with Gasteiger partial charge in [-0.1, -0.05) is 15.9 Å². The number of nitro groups is 1. The van der Waals surface area contributed by atoms with Gasteiger partial charge in [-0.25, -0.2) is 0 Å². The van der Waals surface area contributed by atoms with Crippen molar-refractivity contribution >= 4 is 15.9 Å². The second kappa shape index (κ2) is 5.48. The minimum atomic E-state index is -1.04. The van der Waals surface area contributed by atoms with Crippen LogP contribution < -0.4 is 11.1 Å². The second-order valence-electron chi connectivity index (χ2n) is 5.12. The van der Waals surface area contributed by atoms with E-state index in [4.69, 9.17) is 5.73 Å². The normalized spacial score (nSPS) is 20.2. The number of rotatable bonds is 2. The molecule has 0 amide bonds. The number of nitrogens with two attached hydrogens (primary N) is 1. The first kappa shape index (κ1) is 15.2. The highest BCUT2D eigenvalue weighted by Gasteiger charge is 2.45. The maximum atomic E-state index is 11.7. The van der Waals surface area contributed by atoms with E-state index in [1.165, 1.54) is 11.0 Å². The summed E-state index contributed by atoms with van der Waals surface area (Å²) in [6.07, 6.45) is 0. The maximum absolute atomic E-state index is 11.7. The van der Waals surface area contributed by atoms with Crippen molar-refractivity contribution in [1.82, 2.24) is 10.2 Å². The number of hydrogen-bond acceptors (Lipinski definition) is 7. The van der Waals surface area contributed by atoms with Gasteiger partial charge < -0.3 is 21.1 Å². The van der Waals surface area contributed by atoms with E-state index in [2.05, 4.69) is 21.2 Å². The quantitative estimate of drug-likeness (QED) is 0.523. The molecule has 3 rings (SSSR count). The van der Waals surface area contributed by atoms with Crippen LogP contribution in [0.3, 0.4) is 0 Å². The SMILES string of the molecule is N#CC1=C(N)N2CCNC2=C([N+](=O)[O-])C1c1cc(Br)ccc1O. The summed E-state index contributed by atoms with van der Waals surface area (Å²) in [4.78, 5) is 12.7. The van der Waals surface area contributed by atoms with Crippen LogP contribution in [-0.4, -0.2) is 28.0 Å². The van der Waals surface area contributed by atoms with E-state index in [9.17, 15) is 20.5 Å². The molecule has 0 radical (unpaired) electrons. The van der Waals surface area contributed by atoms with Crippen molar-refractivity contribution in [3.63, 3.8) is 0 Å². The molecule has 1 saturated heterocycles. The molecule has 1 fully saturated rings. The Kier molecular flexibility index (Phi) is 3.61. The first-order chi connectivity index (χ1) is 11.0. The number of phenolic OH excluding ortho intramolecular Hbond substituents is 1. The zero-order chi connectivity index (χ0) is 16.7. The third-order valence-electron chi connectivity index (χ3n) is 3.89. The molecule has 23 heavy (non-hydrogen) atoms. The highest BCUT2D eigenvalue weighted by atomic mass is 79.9. The molecule has 2 aliphatic heterocycles. The number of benzene rings is 1. The molecule has 118 valence electrons. The monoisotopic (exact) mass is 377 g/mol. The Bertz CT molecular complexity index is 811. The third kappa shape index (κ3) is 2.27. The number of allylic oxidation sites excluding steroid dienone is 1. The number of nitrogens with one attached hydrogen (secondary N) is 1. The lowest BCUT2D eigenvalue weighted by molar-refractivity contribution is -0.432. The van der Waals surface area contributed by atoms with Gasteiger partial charge in [0, 0.05) is 23.1 Å². The van der Waals surface area contributed by atoms with E-state index in [0.717, 1.165) is 0 Å². The lowest BCUT2D eigenvalue weighted by atomic mass is 9.86. The standard InChI is InChI=1S/C14H12BrN5O3/c15-7-1-2-10(21)8(5-7)11-9(6-16)13(17)19-4-3-18-14(19)12(11)20(22)23/h1-2,5,11,18,21H,3-4,17H2. The Morgan fingerprint density at radius 2 is 2.30 bits per heavy atom. The van der Waals surface area contributed by atoms with Crippen LogP contribution in [0.4, 0.5) is 0 Å². The predicted octanol–water partition coefficient (Wildman–Crippen LogP) is 1.30. The molecule has 9 heteroatoms. The molecule has 1 aromatic rings. The number of hydrogen-bond donors (Lipinski definition) is 3. The van der Waals surface area contributed by atoms with Crippen LogP contribution in [0.2, 0.25) is 0 Å². The molecule has 4 N–H and O–H groups in total. The maximum Gasteiger partial charge on any atom is 0.299 e. The summed E-state index contributed by atoms with van der Waals surface area (Å²) < 4.78 is 0.635. The lowest BCUT2D eigenvalue weighted by Gasteiger charge is -2.29. The van der Waals surface area contributed by atoms with E-state index >= 15 is 0 Å². The molecule has 0 saturated carbocycles. The number of nitrogens with zero attached hydrogens (tertiary/aromatic N) is 3. The topological polar surface area (TPSA) is 128 Å². The summed E-state index contributed by atoms with van der Waals surface area (Å²) in [5.41, 5.74) is 6.16. The summed E-state index contributed by atoms with van der Waals surface area (Å²) in [6, 6.07) is 6.55. The Labute approximate surface area is 139 Å². The molecule has 8 nitrogen and oxygen atoms in total. The van der Waals surface area contributed by atoms with Crippen molar-refractivity contribution in [1.29, 1.82) is 5.26 Å². The Morgan fingerprint density at radius 1 is 1.57 bits per heavy atom. The van der Waals surface area contributed by atoms with Gasteiger partial charge in [-0.05, 0) is 18.2 Å². The largest absolute Gasteiger partial charge is 0.508 e. The van der Waals surface area contributed by atoms with Crippen molar-refractivity contribution in [3.05, 3.63) is 61.3 Å². The van der Waals surface area contributed by atoms with Gasteiger partial charge in [0.05, 0.1) is 16.6 Å². The van der Waals surface area contributed by atoms with Crippen molar-refractivity contribution in [3.8, 4) is 11.8 Å². The fourth-order valence-electron chi connectivity index (χ4n) is 2.90. The molecule has 0 spiro atoms. The zero-order valence-electron chi connectivity index (χ0n) is 11.8. The van der Waals surface area contributed by atoms with Gasteiger partial charge in [0.2, 0.25) is 0 Å². The molecular formula is C14H12BrN5O3. The van der Waals surface area contributed by atoms with E-state index in [-0.39, 0.29) is 34.2 Å². The van der Waals surface area contributed by atoms with Crippen molar-refractivity contribution in [2.45, 2.75) is 5.92 Å². The van der Waals surface area contributed by atoms with Crippen LogP contribution >= 0.6 is 15.9 Å². The molecule has 1 aromatic carbocycles. The van der Waals surface area contributed by atoms with E-state index in [1.807, 2.05) is 6.07 Å². The molecule has 1 atom stereocenters. The smallest absolute Gasteiger partial charge is 0.299 e. The molecule has 0 aliphatic carbocycles. The molecule has 0 aromatic heterocycles. The fourth-order valence-corrected chi connectivity index (χ4v) is 3.28. The van der Waals surface area contributed by atoms with Crippen molar-refractivity contribution in [2.24, 2.45) is 5.73 Å². The van der Waals surface area contributed by atoms with Gasteiger partial charge in [-0.2, -0.15) is 5.26 Å². The summed E-state index contributed by atoms with van der Waals surface area (Å²) in [5.74, 6) is -0.729. The highest BCUT2D eigenvalue weighted by Crippen LogP contribution is 2.44. The Balaban J connectivity index is 2.30. The minimum Gasteiger partial charge on any atom is -0.508 e. The van der Waals surface area contributed by atoms with E-state index in [1.54, 1.807) is 12.1 Å². The van der Waals surface area contributed by atoms with Gasteiger partial charge in [0.1, 0.15) is 17.5 Å². The average molecular weight is 378 g/mol. The number of halogens is 1. The number of phenols is 1. The van der Waals surface area contributed by atoms with Crippen molar-refractivity contribution < 1.29 is 10.0 Å². The molecule has 0 bridgehead atoms. The second-order valence-corrected chi connectivity index (χ2v) is 6.03. The van der Waals surface area contributed by atoms with Gasteiger partial charge in [0.15, 0.2) is 5.82 Å². The lowest BCUT2D eigenvalue weighted by Crippen LogP contribution is -2.36. The number of aromatic hydroxyl groups is 1. The summed E-state index contributed by atoms with van der Waals surface area (Å²) >= 11 is 3.28. The minimum absolute atomic E-state index is 0.0533. The Hall–Kier alpha value is -2.73. The van der Waals surface area contributed by atoms with Crippen LogP contribution in [0.5, 0.6) is 5.75 Å². The molecule has 2 aliphatic rings. The first-order valence-corrected chi connectivity index (χ1v) is 7.53.